The molecule has 0 radical (unpaired) electrons. The number of fused-ring (bicyclic) bond motifs is 1. The van der Waals surface area contributed by atoms with Gasteiger partial charge in [0.2, 0.25) is 5.91 Å². The van der Waals surface area contributed by atoms with Crippen LogP contribution in [0.1, 0.15) is 17.5 Å². The van der Waals surface area contributed by atoms with E-state index in [9.17, 15) is 4.79 Å². The molecule has 158 valence electrons. The van der Waals surface area contributed by atoms with Gasteiger partial charge in [0.05, 0.1) is 12.5 Å². The number of aromatic nitrogens is 1. The zero-order valence-electron chi connectivity index (χ0n) is 17.5. The van der Waals surface area contributed by atoms with E-state index < -0.39 is 0 Å². The smallest absolute Gasteiger partial charge is 0.248 e. The van der Waals surface area contributed by atoms with E-state index >= 15 is 0 Å². The Kier molecular flexibility index (Phi) is 7.08. The fraction of sp³-hybridized carbons (Fsp3) is 0.280. The van der Waals surface area contributed by atoms with Crippen molar-refractivity contribution in [3.8, 4) is 6.07 Å². The van der Waals surface area contributed by atoms with Gasteiger partial charge in [-0.25, -0.2) is 0 Å². The van der Waals surface area contributed by atoms with Crippen molar-refractivity contribution in [1.82, 2.24) is 9.47 Å². The first-order valence-electron chi connectivity index (χ1n) is 10.6. The zero-order valence-corrected chi connectivity index (χ0v) is 18.3. The van der Waals surface area contributed by atoms with Crippen LogP contribution in [0.3, 0.4) is 0 Å². The number of rotatable bonds is 7. The molecule has 0 bridgehead atoms. The van der Waals surface area contributed by atoms with Crippen LogP contribution in [0.25, 0.3) is 17.0 Å². The molecule has 0 saturated carbocycles. The van der Waals surface area contributed by atoms with Crippen LogP contribution in [-0.4, -0.2) is 40.0 Å². The van der Waals surface area contributed by atoms with E-state index in [0.29, 0.717) is 13.0 Å². The number of nitrogens with zero attached hydrogens (tertiary/aromatic N) is 3. The summed E-state index contributed by atoms with van der Waals surface area (Å²) in [5, 5.41) is 13.0. The van der Waals surface area contributed by atoms with E-state index in [1.54, 1.807) is 6.08 Å². The number of carbonyl (C=O) groups excluding carboxylic acids is 1. The molecule has 1 saturated heterocycles. The highest BCUT2D eigenvalue weighted by Gasteiger charge is 2.13. The topological polar surface area (TPSA) is 61.1 Å². The minimum Gasteiger partial charge on any atom is -0.346 e. The largest absolute Gasteiger partial charge is 0.346 e. The number of nitrogens with one attached hydrogen (secondary N) is 1. The van der Waals surface area contributed by atoms with Gasteiger partial charge in [0, 0.05) is 72.1 Å². The van der Waals surface area contributed by atoms with Gasteiger partial charge in [-0.05, 0) is 23.8 Å². The highest BCUT2D eigenvalue weighted by Crippen LogP contribution is 2.23. The number of carbonyl (C=O) groups is 1. The first-order valence-corrected chi connectivity index (χ1v) is 11.7. The van der Waals surface area contributed by atoms with Gasteiger partial charge in [-0.1, -0.05) is 36.4 Å². The van der Waals surface area contributed by atoms with Crippen LogP contribution in [-0.2, 0) is 17.9 Å². The Balaban J connectivity index is 1.48. The molecule has 1 aliphatic rings. The van der Waals surface area contributed by atoms with E-state index in [2.05, 4.69) is 26.9 Å². The van der Waals surface area contributed by atoms with Gasteiger partial charge < -0.3 is 9.88 Å². The van der Waals surface area contributed by atoms with E-state index in [4.69, 9.17) is 5.26 Å². The number of anilines is 1. The van der Waals surface area contributed by atoms with Gasteiger partial charge in [0.15, 0.2) is 0 Å². The number of aryl methyl sites for hydroxylation is 1. The minimum atomic E-state index is -0.143. The summed E-state index contributed by atoms with van der Waals surface area (Å²) in [4.78, 5) is 15.1. The average Bonchev–Trinajstić information content (AvgIpc) is 3.16. The number of amides is 1. The summed E-state index contributed by atoms with van der Waals surface area (Å²) in [5.41, 5.74) is 4.06. The van der Waals surface area contributed by atoms with Crippen LogP contribution in [0.5, 0.6) is 0 Å². The molecule has 0 unspecified atom stereocenters. The normalized spacial score (nSPS) is 14.7. The lowest BCUT2D eigenvalue weighted by Crippen LogP contribution is -2.32. The molecule has 0 spiro atoms. The number of hydrogen-bond acceptors (Lipinski definition) is 4. The van der Waals surface area contributed by atoms with E-state index in [1.165, 1.54) is 11.5 Å². The average molecular weight is 431 g/mol. The van der Waals surface area contributed by atoms with Crippen molar-refractivity contribution in [2.24, 2.45) is 0 Å². The highest BCUT2D eigenvalue weighted by atomic mass is 32.2. The van der Waals surface area contributed by atoms with Crippen molar-refractivity contribution < 1.29 is 4.79 Å². The van der Waals surface area contributed by atoms with Crippen molar-refractivity contribution in [2.45, 2.75) is 19.5 Å². The quantitative estimate of drug-likeness (QED) is 0.549. The SMILES string of the molecule is N#CCCn1cc(/C=C/C(=O)Nc2ccccc2CN2CCSCC2)c2ccccc21. The summed E-state index contributed by atoms with van der Waals surface area (Å²) in [6, 6.07) is 18.3. The Morgan fingerprint density at radius 1 is 1.13 bits per heavy atom. The van der Waals surface area contributed by atoms with Crippen molar-refractivity contribution >= 4 is 40.3 Å². The fourth-order valence-corrected chi connectivity index (χ4v) is 4.86. The predicted molar refractivity (Wildman–Crippen MR) is 129 cm³/mol. The second-order valence-electron chi connectivity index (χ2n) is 7.57. The third-order valence-electron chi connectivity index (χ3n) is 5.47. The molecule has 31 heavy (non-hydrogen) atoms. The van der Waals surface area contributed by atoms with Crippen molar-refractivity contribution in [3.63, 3.8) is 0 Å². The lowest BCUT2D eigenvalue weighted by molar-refractivity contribution is -0.111. The molecular weight excluding hydrogens is 404 g/mol. The maximum Gasteiger partial charge on any atom is 0.248 e. The second-order valence-corrected chi connectivity index (χ2v) is 8.80. The lowest BCUT2D eigenvalue weighted by atomic mass is 10.1. The standard InChI is InChI=1S/C25H26N4OS/c26-12-5-13-29-19-20(22-7-2-4-9-24(22)29)10-11-25(30)27-23-8-3-1-6-21(23)18-28-14-16-31-17-15-28/h1-4,6-11,19H,5,13-18H2,(H,27,30)/b11-10+. The van der Waals surface area contributed by atoms with Crippen LogP contribution in [0, 0.1) is 11.3 Å². The Morgan fingerprint density at radius 3 is 2.74 bits per heavy atom. The maximum absolute atomic E-state index is 12.7. The molecule has 1 N–H and O–H groups in total. The highest BCUT2D eigenvalue weighted by molar-refractivity contribution is 7.99. The van der Waals surface area contributed by atoms with Gasteiger partial charge in [-0.15, -0.1) is 0 Å². The summed E-state index contributed by atoms with van der Waals surface area (Å²) in [7, 11) is 0. The van der Waals surface area contributed by atoms with Gasteiger partial charge in [0.1, 0.15) is 0 Å². The molecule has 4 rings (SSSR count). The molecule has 1 aliphatic heterocycles. The molecule has 1 amide bonds. The molecule has 6 heteroatoms. The van der Waals surface area contributed by atoms with Gasteiger partial charge in [-0.3, -0.25) is 9.69 Å². The van der Waals surface area contributed by atoms with E-state index in [-0.39, 0.29) is 5.91 Å². The monoisotopic (exact) mass is 430 g/mol. The Hall–Kier alpha value is -3.01. The number of benzene rings is 2. The molecule has 2 heterocycles. The van der Waals surface area contributed by atoms with Gasteiger partial charge in [-0.2, -0.15) is 17.0 Å². The Morgan fingerprint density at radius 2 is 1.90 bits per heavy atom. The maximum atomic E-state index is 12.7. The molecule has 0 aliphatic carbocycles. The summed E-state index contributed by atoms with van der Waals surface area (Å²) in [5.74, 6) is 2.19. The van der Waals surface area contributed by atoms with Crippen LogP contribution < -0.4 is 5.32 Å². The summed E-state index contributed by atoms with van der Waals surface area (Å²) in [6.07, 6.45) is 5.90. The molecular formula is C25H26N4OS. The molecule has 0 atom stereocenters. The van der Waals surface area contributed by atoms with Gasteiger partial charge in [0.25, 0.3) is 0 Å². The number of thioether (sulfide) groups is 1. The molecule has 2 aromatic carbocycles. The first-order chi connectivity index (χ1) is 15.2. The lowest BCUT2D eigenvalue weighted by Gasteiger charge is -2.27. The van der Waals surface area contributed by atoms with Crippen LogP contribution in [0.15, 0.2) is 60.8 Å². The predicted octanol–water partition coefficient (Wildman–Crippen LogP) is 4.76. The van der Waals surface area contributed by atoms with Crippen LogP contribution in [0.4, 0.5) is 5.69 Å². The van der Waals surface area contributed by atoms with E-state index in [1.807, 2.05) is 66.5 Å². The molecule has 3 aromatic rings. The minimum absolute atomic E-state index is 0.143. The second kappa shape index (κ2) is 10.3. The number of para-hydroxylation sites is 2. The summed E-state index contributed by atoms with van der Waals surface area (Å²) >= 11 is 2.00. The third-order valence-corrected chi connectivity index (χ3v) is 6.41. The molecule has 1 fully saturated rings. The van der Waals surface area contributed by atoms with Crippen molar-refractivity contribution in [2.75, 3.05) is 29.9 Å². The van der Waals surface area contributed by atoms with E-state index in [0.717, 1.165) is 47.4 Å². The summed E-state index contributed by atoms with van der Waals surface area (Å²) < 4.78 is 2.07. The van der Waals surface area contributed by atoms with Gasteiger partial charge >= 0.3 is 0 Å². The van der Waals surface area contributed by atoms with Crippen LogP contribution in [0.2, 0.25) is 0 Å². The number of hydrogen-bond donors (Lipinski definition) is 1. The zero-order chi connectivity index (χ0) is 21.5. The van der Waals surface area contributed by atoms with Crippen LogP contribution >= 0.6 is 11.8 Å². The third kappa shape index (κ3) is 5.38. The fourth-order valence-electron chi connectivity index (χ4n) is 3.88. The van der Waals surface area contributed by atoms with Crippen molar-refractivity contribution in [3.05, 3.63) is 71.9 Å². The Bertz CT molecular complexity index is 1120. The summed E-state index contributed by atoms with van der Waals surface area (Å²) in [6.45, 7) is 3.66. The Labute approximate surface area is 187 Å². The number of nitriles is 1. The molecule has 5 nitrogen and oxygen atoms in total. The van der Waals surface area contributed by atoms with Crippen molar-refractivity contribution in [1.29, 1.82) is 5.26 Å². The first kappa shape index (κ1) is 21.2. The molecule has 1 aromatic heterocycles.